The summed E-state index contributed by atoms with van der Waals surface area (Å²) < 4.78 is 5.67. The SMILES string of the molecule is CC(C)(C)c1nnc(CN2CCCCC2(C)C(=O)O)o1. The van der Waals surface area contributed by atoms with E-state index in [2.05, 4.69) is 10.2 Å². The number of hydrogen-bond donors (Lipinski definition) is 1. The van der Waals surface area contributed by atoms with E-state index in [1.165, 1.54) is 0 Å². The highest BCUT2D eigenvalue weighted by Gasteiger charge is 2.42. The Labute approximate surface area is 119 Å². The van der Waals surface area contributed by atoms with E-state index in [1.54, 1.807) is 6.92 Å². The number of hydrogen-bond acceptors (Lipinski definition) is 5. The van der Waals surface area contributed by atoms with Gasteiger partial charge in [0.25, 0.3) is 0 Å². The lowest BCUT2D eigenvalue weighted by Gasteiger charge is -2.40. The van der Waals surface area contributed by atoms with Crippen molar-refractivity contribution in [1.82, 2.24) is 15.1 Å². The lowest BCUT2D eigenvalue weighted by molar-refractivity contribution is -0.153. The molecule has 1 saturated heterocycles. The summed E-state index contributed by atoms with van der Waals surface area (Å²) in [5.74, 6) is 0.290. The van der Waals surface area contributed by atoms with Crippen LogP contribution in [0.4, 0.5) is 0 Å². The van der Waals surface area contributed by atoms with E-state index in [4.69, 9.17) is 4.42 Å². The second kappa shape index (κ2) is 5.16. The first-order valence-electron chi connectivity index (χ1n) is 7.05. The van der Waals surface area contributed by atoms with Gasteiger partial charge in [0.15, 0.2) is 0 Å². The Bertz CT molecular complexity index is 492. The molecule has 0 aliphatic carbocycles. The van der Waals surface area contributed by atoms with Crippen LogP contribution in [0.1, 0.15) is 58.7 Å². The third kappa shape index (κ3) is 2.85. The average molecular weight is 281 g/mol. The molecule has 0 bridgehead atoms. The number of aliphatic carboxylic acids is 1. The van der Waals surface area contributed by atoms with E-state index in [9.17, 15) is 9.90 Å². The molecule has 1 aliphatic rings. The van der Waals surface area contributed by atoms with E-state index in [1.807, 2.05) is 25.7 Å². The molecule has 1 unspecified atom stereocenters. The summed E-state index contributed by atoms with van der Waals surface area (Å²) in [6.45, 7) is 8.93. The third-order valence-corrected chi connectivity index (χ3v) is 3.93. The molecule has 1 aromatic heterocycles. The quantitative estimate of drug-likeness (QED) is 0.915. The van der Waals surface area contributed by atoms with E-state index in [0.29, 0.717) is 24.7 Å². The predicted octanol–water partition coefficient (Wildman–Crippen LogP) is 2.20. The van der Waals surface area contributed by atoms with Crippen LogP contribution in [0.15, 0.2) is 4.42 Å². The summed E-state index contributed by atoms with van der Waals surface area (Å²) in [5.41, 5.74) is -1.03. The molecule has 6 nitrogen and oxygen atoms in total. The van der Waals surface area contributed by atoms with Crippen LogP contribution in [0.25, 0.3) is 0 Å². The van der Waals surface area contributed by atoms with E-state index < -0.39 is 11.5 Å². The summed E-state index contributed by atoms with van der Waals surface area (Å²) in [4.78, 5) is 13.5. The zero-order chi connectivity index (χ0) is 15.0. The number of carboxylic acids is 1. The number of aromatic nitrogens is 2. The third-order valence-electron chi connectivity index (χ3n) is 3.93. The summed E-state index contributed by atoms with van der Waals surface area (Å²) in [6.07, 6.45) is 2.60. The van der Waals surface area contributed by atoms with Gasteiger partial charge in [0.1, 0.15) is 5.54 Å². The van der Waals surface area contributed by atoms with Crippen molar-refractivity contribution in [3.8, 4) is 0 Å². The van der Waals surface area contributed by atoms with Crippen molar-refractivity contribution in [2.24, 2.45) is 0 Å². The highest BCUT2D eigenvalue weighted by molar-refractivity contribution is 5.78. The lowest BCUT2D eigenvalue weighted by atomic mass is 9.88. The maximum Gasteiger partial charge on any atom is 0.323 e. The van der Waals surface area contributed by atoms with Gasteiger partial charge in [-0.1, -0.05) is 20.8 Å². The highest BCUT2D eigenvalue weighted by Crippen LogP contribution is 2.30. The van der Waals surface area contributed by atoms with Crippen LogP contribution >= 0.6 is 0 Å². The Balaban J connectivity index is 2.15. The maximum atomic E-state index is 11.5. The van der Waals surface area contributed by atoms with Crippen molar-refractivity contribution >= 4 is 5.97 Å². The minimum atomic E-state index is -0.839. The van der Waals surface area contributed by atoms with E-state index in [0.717, 1.165) is 19.4 Å². The first kappa shape index (κ1) is 15.0. The van der Waals surface area contributed by atoms with Gasteiger partial charge in [0.05, 0.1) is 6.54 Å². The first-order chi connectivity index (χ1) is 9.23. The lowest BCUT2D eigenvalue weighted by Crippen LogP contribution is -2.54. The highest BCUT2D eigenvalue weighted by atomic mass is 16.4. The van der Waals surface area contributed by atoms with Crippen LogP contribution in [0.5, 0.6) is 0 Å². The summed E-state index contributed by atoms with van der Waals surface area (Å²) in [6, 6.07) is 0. The van der Waals surface area contributed by atoms with Crippen molar-refractivity contribution in [3.63, 3.8) is 0 Å². The number of carboxylic acid groups (broad SMARTS) is 1. The molecule has 0 amide bonds. The van der Waals surface area contributed by atoms with Gasteiger partial charge >= 0.3 is 5.97 Å². The summed E-state index contributed by atoms with van der Waals surface area (Å²) in [5, 5.41) is 17.6. The normalized spacial score (nSPS) is 24.8. The Morgan fingerprint density at radius 2 is 2.10 bits per heavy atom. The molecule has 0 radical (unpaired) electrons. The predicted molar refractivity (Wildman–Crippen MR) is 73.3 cm³/mol. The fourth-order valence-corrected chi connectivity index (χ4v) is 2.46. The Hall–Kier alpha value is -1.43. The molecule has 1 fully saturated rings. The number of likely N-dealkylation sites (tertiary alicyclic amines) is 1. The molecular formula is C14H23N3O3. The van der Waals surface area contributed by atoms with Crippen LogP contribution in [0.2, 0.25) is 0 Å². The molecule has 1 aliphatic heterocycles. The topological polar surface area (TPSA) is 79.5 Å². The number of rotatable bonds is 3. The van der Waals surface area contributed by atoms with Crippen LogP contribution in [0.3, 0.4) is 0 Å². The molecule has 1 atom stereocenters. The van der Waals surface area contributed by atoms with Gasteiger partial charge < -0.3 is 9.52 Å². The van der Waals surface area contributed by atoms with Gasteiger partial charge in [-0.3, -0.25) is 9.69 Å². The van der Waals surface area contributed by atoms with Gasteiger partial charge in [0.2, 0.25) is 11.8 Å². The summed E-state index contributed by atoms with van der Waals surface area (Å²) in [7, 11) is 0. The van der Waals surface area contributed by atoms with Crippen molar-refractivity contribution in [3.05, 3.63) is 11.8 Å². The Morgan fingerprint density at radius 3 is 2.65 bits per heavy atom. The van der Waals surface area contributed by atoms with Gasteiger partial charge in [-0.15, -0.1) is 10.2 Å². The Kier molecular flexibility index (Phi) is 3.86. The van der Waals surface area contributed by atoms with Gasteiger partial charge in [-0.25, -0.2) is 0 Å². The molecular weight excluding hydrogens is 258 g/mol. The van der Waals surface area contributed by atoms with Crippen molar-refractivity contribution in [2.75, 3.05) is 6.54 Å². The Morgan fingerprint density at radius 1 is 1.40 bits per heavy atom. The second-order valence-electron chi connectivity index (χ2n) is 6.71. The monoisotopic (exact) mass is 281 g/mol. The second-order valence-corrected chi connectivity index (χ2v) is 6.71. The molecule has 2 rings (SSSR count). The van der Waals surface area contributed by atoms with Crippen LogP contribution in [-0.4, -0.2) is 38.3 Å². The molecule has 0 spiro atoms. The molecule has 0 saturated carbocycles. The van der Waals surface area contributed by atoms with Gasteiger partial charge in [0, 0.05) is 5.41 Å². The van der Waals surface area contributed by atoms with Crippen LogP contribution < -0.4 is 0 Å². The molecule has 1 N–H and O–H groups in total. The smallest absolute Gasteiger partial charge is 0.323 e. The van der Waals surface area contributed by atoms with Crippen molar-refractivity contribution in [1.29, 1.82) is 0 Å². The van der Waals surface area contributed by atoms with Gasteiger partial charge in [-0.2, -0.15) is 0 Å². The largest absolute Gasteiger partial charge is 0.480 e. The molecule has 20 heavy (non-hydrogen) atoms. The molecule has 6 heteroatoms. The fraction of sp³-hybridized carbons (Fsp3) is 0.786. The van der Waals surface area contributed by atoms with Gasteiger partial charge in [-0.05, 0) is 32.7 Å². The minimum Gasteiger partial charge on any atom is -0.480 e. The zero-order valence-electron chi connectivity index (χ0n) is 12.6. The molecule has 0 aromatic carbocycles. The number of nitrogens with zero attached hydrogens (tertiary/aromatic N) is 3. The molecule has 1 aromatic rings. The summed E-state index contributed by atoms with van der Waals surface area (Å²) >= 11 is 0. The fourth-order valence-electron chi connectivity index (χ4n) is 2.46. The van der Waals surface area contributed by atoms with Crippen molar-refractivity contribution in [2.45, 2.75) is 64.5 Å². The van der Waals surface area contributed by atoms with Crippen molar-refractivity contribution < 1.29 is 14.3 Å². The minimum absolute atomic E-state index is 0.191. The maximum absolute atomic E-state index is 11.5. The zero-order valence-corrected chi connectivity index (χ0v) is 12.6. The molecule has 112 valence electrons. The molecule has 2 heterocycles. The van der Waals surface area contributed by atoms with Crippen LogP contribution in [0, 0.1) is 0 Å². The van der Waals surface area contributed by atoms with Crippen LogP contribution in [-0.2, 0) is 16.8 Å². The standard InChI is InChI=1S/C14H23N3O3/c1-13(2,3)11-16-15-10(20-11)9-17-8-6-5-7-14(17,4)12(18)19/h5-9H2,1-4H3,(H,18,19). The number of carbonyl (C=O) groups is 1. The van der Waals surface area contributed by atoms with E-state index >= 15 is 0 Å². The number of piperidine rings is 1. The first-order valence-corrected chi connectivity index (χ1v) is 7.05. The van der Waals surface area contributed by atoms with E-state index in [-0.39, 0.29) is 5.41 Å². The average Bonchev–Trinajstić information content (AvgIpc) is 2.80.